The van der Waals surface area contributed by atoms with Crippen LogP contribution in [-0.2, 0) is 16.6 Å². The van der Waals surface area contributed by atoms with E-state index in [9.17, 15) is 13.2 Å². The van der Waals surface area contributed by atoms with Crippen molar-refractivity contribution in [3.8, 4) is 0 Å². The summed E-state index contributed by atoms with van der Waals surface area (Å²) in [7, 11) is -3.68. The average molecular weight is 398 g/mol. The van der Waals surface area contributed by atoms with Crippen LogP contribution in [0.4, 0.5) is 0 Å². The molecule has 1 heterocycles. The number of hydrogen-bond donors (Lipinski definition) is 2. The standard InChI is InChI=1S/C21H22N2O4S/c1-16(17-6-3-2-4-7-17)14-22-21(24)18-9-11-20(12-10-18)28(25,26)23-15-19-8-5-13-27-19/h2-13,16,23H,14-15H2,1H3,(H,22,24)/t16-/m0/s1. The van der Waals surface area contributed by atoms with Gasteiger partial charge in [-0.05, 0) is 47.9 Å². The van der Waals surface area contributed by atoms with Gasteiger partial charge in [0.25, 0.3) is 5.91 Å². The predicted molar refractivity (Wildman–Crippen MR) is 106 cm³/mol. The molecule has 0 radical (unpaired) electrons. The van der Waals surface area contributed by atoms with E-state index in [1.807, 2.05) is 37.3 Å². The van der Waals surface area contributed by atoms with E-state index in [0.29, 0.717) is 17.9 Å². The predicted octanol–water partition coefficient (Wildman–Crippen LogP) is 3.29. The number of hydrogen-bond acceptors (Lipinski definition) is 4. The molecule has 0 aliphatic carbocycles. The van der Waals surface area contributed by atoms with Crippen molar-refractivity contribution in [2.45, 2.75) is 24.3 Å². The Morgan fingerprint density at radius 2 is 1.71 bits per heavy atom. The number of carbonyl (C=O) groups excluding carboxylic acids is 1. The molecule has 146 valence electrons. The Morgan fingerprint density at radius 3 is 2.36 bits per heavy atom. The molecule has 3 aromatic rings. The molecule has 1 aromatic heterocycles. The lowest BCUT2D eigenvalue weighted by Crippen LogP contribution is -2.27. The van der Waals surface area contributed by atoms with Crippen molar-refractivity contribution in [1.29, 1.82) is 0 Å². The normalized spacial score (nSPS) is 12.5. The van der Waals surface area contributed by atoms with E-state index in [1.54, 1.807) is 12.1 Å². The molecule has 0 unspecified atom stereocenters. The first kappa shape index (κ1) is 19.9. The molecule has 0 aliphatic rings. The fourth-order valence-electron chi connectivity index (χ4n) is 2.70. The molecule has 0 bridgehead atoms. The van der Waals surface area contributed by atoms with Crippen LogP contribution in [0.15, 0.2) is 82.3 Å². The lowest BCUT2D eigenvalue weighted by Gasteiger charge is -2.13. The van der Waals surface area contributed by atoms with Crippen molar-refractivity contribution in [2.24, 2.45) is 0 Å². The van der Waals surface area contributed by atoms with Crippen LogP contribution >= 0.6 is 0 Å². The molecule has 1 amide bonds. The molecule has 0 spiro atoms. The summed E-state index contributed by atoms with van der Waals surface area (Å²) >= 11 is 0. The van der Waals surface area contributed by atoms with Gasteiger partial charge in [0.1, 0.15) is 5.76 Å². The Hall–Kier alpha value is -2.90. The van der Waals surface area contributed by atoms with E-state index in [1.165, 1.54) is 30.5 Å². The van der Waals surface area contributed by atoms with Gasteiger partial charge in [0.05, 0.1) is 17.7 Å². The van der Waals surface area contributed by atoms with Gasteiger partial charge in [-0.3, -0.25) is 4.79 Å². The van der Waals surface area contributed by atoms with Crippen LogP contribution in [-0.4, -0.2) is 20.9 Å². The first-order chi connectivity index (χ1) is 13.5. The summed E-state index contributed by atoms with van der Waals surface area (Å²) in [5, 5.41) is 2.88. The third-order valence-corrected chi connectivity index (χ3v) is 5.80. The first-order valence-electron chi connectivity index (χ1n) is 8.91. The van der Waals surface area contributed by atoms with Gasteiger partial charge in [-0.25, -0.2) is 13.1 Å². The second-order valence-corrected chi connectivity index (χ2v) is 8.22. The SMILES string of the molecule is C[C@@H](CNC(=O)c1ccc(S(=O)(=O)NCc2ccco2)cc1)c1ccccc1. The zero-order valence-corrected chi connectivity index (χ0v) is 16.3. The molecule has 1 atom stereocenters. The molecule has 6 nitrogen and oxygen atoms in total. The van der Waals surface area contributed by atoms with Crippen LogP contribution < -0.4 is 10.0 Å². The summed E-state index contributed by atoms with van der Waals surface area (Å²) in [5.41, 5.74) is 1.55. The molecule has 0 saturated heterocycles. The van der Waals surface area contributed by atoms with Gasteiger partial charge in [0.2, 0.25) is 10.0 Å². The highest BCUT2D eigenvalue weighted by Crippen LogP contribution is 2.14. The van der Waals surface area contributed by atoms with Crippen molar-refractivity contribution < 1.29 is 17.6 Å². The minimum absolute atomic E-state index is 0.0644. The molecule has 3 rings (SSSR count). The summed E-state index contributed by atoms with van der Waals surface area (Å²) in [6, 6.07) is 19.1. The molecule has 28 heavy (non-hydrogen) atoms. The lowest BCUT2D eigenvalue weighted by atomic mass is 10.0. The highest BCUT2D eigenvalue weighted by Gasteiger charge is 2.16. The number of rotatable bonds is 8. The van der Waals surface area contributed by atoms with Crippen molar-refractivity contribution in [3.05, 3.63) is 89.9 Å². The maximum atomic E-state index is 12.3. The fraction of sp³-hybridized carbons (Fsp3) is 0.190. The van der Waals surface area contributed by atoms with E-state index < -0.39 is 10.0 Å². The van der Waals surface area contributed by atoms with Gasteiger partial charge in [-0.1, -0.05) is 37.3 Å². The van der Waals surface area contributed by atoms with Crippen LogP contribution in [0.1, 0.15) is 34.5 Å². The molecule has 0 saturated carbocycles. The summed E-state index contributed by atoms with van der Waals surface area (Å²) < 4.78 is 32.2. The second-order valence-electron chi connectivity index (χ2n) is 6.45. The molecule has 2 N–H and O–H groups in total. The smallest absolute Gasteiger partial charge is 0.251 e. The number of sulfonamides is 1. The number of carbonyl (C=O) groups is 1. The Balaban J connectivity index is 1.57. The van der Waals surface area contributed by atoms with E-state index in [-0.39, 0.29) is 23.3 Å². The van der Waals surface area contributed by atoms with E-state index >= 15 is 0 Å². The van der Waals surface area contributed by atoms with Crippen LogP contribution in [0, 0.1) is 0 Å². The molecule has 0 aliphatic heterocycles. The molecule has 2 aromatic carbocycles. The van der Waals surface area contributed by atoms with Gasteiger partial charge in [0, 0.05) is 12.1 Å². The monoisotopic (exact) mass is 398 g/mol. The molecule has 0 fully saturated rings. The van der Waals surface area contributed by atoms with Gasteiger partial charge < -0.3 is 9.73 Å². The summed E-state index contributed by atoms with van der Waals surface area (Å²) in [4.78, 5) is 12.4. The van der Waals surface area contributed by atoms with Gasteiger partial charge >= 0.3 is 0 Å². The Labute approximate surface area is 164 Å². The quantitative estimate of drug-likeness (QED) is 0.609. The zero-order chi connectivity index (χ0) is 20.0. The highest BCUT2D eigenvalue weighted by atomic mass is 32.2. The largest absolute Gasteiger partial charge is 0.468 e. The minimum atomic E-state index is -3.68. The number of amides is 1. The molecular formula is C21H22N2O4S. The van der Waals surface area contributed by atoms with Crippen LogP contribution in [0.3, 0.4) is 0 Å². The van der Waals surface area contributed by atoms with Crippen molar-refractivity contribution in [2.75, 3.05) is 6.54 Å². The average Bonchev–Trinajstić information content (AvgIpc) is 3.25. The third-order valence-electron chi connectivity index (χ3n) is 4.38. The minimum Gasteiger partial charge on any atom is -0.468 e. The molecule has 7 heteroatoms. The lowest BCUT2D eigenvalue weighted by molar-refractivity contribution is 0.0951. The number of furan rings is 1. The zero-order valence-electron chi connectivity index (χ0n) is 15.5. The summed E-state index contributed by atoms with van der Waals surface area (Å²) in [6.45, 7) is 2.60. The van der Waals surface area contributed by atoms with Gasteiger partial charge in [0.15, 0.2) is 0 Å². The third kappa shape index (κ3) is 5.09. The second kappa shape index (κ2) is 8.86. The van der Waals surface area contributed by atoms with Crippen LogP contribution in [0.2, 0.25) is 0 Å². The number of benzene rings is 2. The maximum Gasteiger partial charge on any atom is 0.251 e. The van der Waals surface area contributed by atoms with Crippen molar-refractivity contribution in [1.82, 2.24) is 10.0 Å². The maximum absolute atomic E-state index is 12.3. The number of nitrogens with one attached hydrogen (secondary N) is 2. The summed E-state index contributed by atoms with van der Waals surface area (Å²) in [6.07, 6.45) is 1.48. The van der Waals surface area contributed by atoms with E-state index in [2.05, 4.69) is 10.0 Å². The van der Waals surface area contributed by atoms with E-state index in [0.717, 1.165) is 5.56 Å². The van der Waals surface area contributed by atoms with E-state index in [4.69, 9.17) is 4.42 Å². The van der Waals surface area contributed by atoms with Crippen LogP contribution in [0.5, 0.6) is 0 Å². The molecular weight excluding hydrogens is 376 g/mol. The van der Waals surface area contributed by atoms with Gasteiger partial charge in [-0.15, -0.1) is 0 Å². The fourth-order valence-corrected chi connectivity index (χ4v) is 3.69. The summed E-state index contributed by atoms with van der Waals surface area (Å²) in [5.74, 6) is 0.456. The van der Waals surface area contributed by atoms with Gasteiger partial charge in [-0.2, -0.15) is 0 Å². The van der Waals surface area contributed by atoms with Crippen LogP contribution in [0.25, 0.3) is 0 Å². The van der Waals surface area contributed by atoms with Crippen molar-refractivity contribution >= 4 is 15.9 Å². The Bertz CT molecular complexity index is 998. The van der Waals surface area contributed by atoms with Crippen molar-refractivity contribution in [3.63, 3.8) is 0 Å². The first-order valence-corrected chi connectivity index (χ1v) is 10.4. The Morgan fingerprint density at radius 1 is 1.00 bits per heavy atom. The Kier molecular flexibility index (Phi) is 6.28. The highest BCUT2D eigenvalue weighted by molar-refractivity contribution is 7.89. The topological polar surface area (TPSA) is 88.4 Å².